The zero-order valence-corrected chi connectivity index (χ0v) is 14.3. The summed E-state index contributed by atoms with van der Waals surface area (Å²) in [6.45, 7) is 0.267. The second-order valence-electron chi connectivity index (χ2n) is 5.35. The smallest absolute Gasteiger partial charge is 0.224 e. The summed E-state index contributed by atoms with van der Waals surface area (Å²) in [4.78, 5) is 11.9. The van der Waals surface area contributed by atoms with Crippen molar-refractivity contribution in [3.05, 3.63) is 59.9 Å². The molecule has 0 saturated carbocycles. The van der Waals surface area contributed by atoms with E-state index in [2.05, 4.69) is 5.32 Å². The van der Waals surface area contributed by atoms with Crippen LogP contribution in [0.25, 0.3) is 0 Å². The Balaban J connectivity index is 1.75. The van der Waals surface area contributed by atoms with Gasteiger partial charge in [0, 0.05) is 34.9 Å². The molecule has 0 bridgehead atoms. The number of rotatable bonds is 8. The van der Waals surface area contributed by atoms with Crippen LogP contribution in [-0.4, -0.2) is 23.0 Å². The van der Waals surface area contributed by atoms with E-state index in [1.165, 1.54) is 6.07 Å². The minimum absolute atomic E-state index is 0.137. The molecule has 0 aromatic heterocycles. The number of amides is 1. The molecule has 6 heteroatoms. The molecule has 0 unspecified atom stereocenters. The number of hydrogen-bond donors (Lipinski definition) is 1. The number of carbonyl (C=O) groups is 1. The SMILES string of the molecule is C[S@](=O)Cc1cccc(NC(=O)CCCOc2ccccc2F)c1. The molecule has 2 aromatic carbocycles. The van der Waals surface area contributed by atoms with Gasteiger partial charge in [-0.15, -0.1) is 0 Å². The van der Waals surface area contributed by atoms with Gasteiger partial charge >= 0.3 is 0 Å². The molecule has 24 heavy (non-hydrogen) atoms. The lowest BCUT2D eigenvalue weighted by atomic mass is 10.2. The van der Waals surface area contributed by atoms with Crippen LogP contribution < -0.4 is 10.1 Å². The van der Waals surface area contributed by atoms with Gasteiger partial charge in [0.25, 0.3) is 0 Å². The lowest BCUT2D eigenvalue weighted by molar-refractivity contribution is -0.116. The van der Waals surface area contributed by atoms with Gasteiger partial charge in [-0.25, -0.2) is 4.39 Å². The molecule has 128 valence electrons. The minimum atomic E-state index is -0.924. The number of anilines is 1. The third-order valence-electron chi connectivity index (χ3n) is 3.22. The van der Waals surface area contributed by atoms with E-state index in [0.717, 1.165) is 5.56 Å². The van der Waals surface area contributed by atoms with Crippen molar-refractivity contribution < 1.29 is 18.1 Å². The Morgan fingerprint density at radius 1 is 1.21 bits per heavy atom. The molecule has 0 radical (unpaired) electrons. The number of nitrogens with one attached hydrogen (secondary N) is 1. The Kier molecular flexibility index (Phi) is 6.93. The minimum Gasteiger partial charge on any atom is -0.491 e. The maximum absolute atomic E-state index is 13.4. The first-order valence-electron chi connectivity index (χ1n) is 7.61. The van der Waals surface area contributed by atoms with Gasteiger partial charge in [0.2, 0.25) is 5.91 Å². The van der Waals surface area contributed by atoms with E-state index in [-0.39, 0.29) is 24.7 Å². The predicted molar refractivity (Wildman–Crippen MR) is 94.0 cm³/mol. The highest BCUT2D eigenvalue weighted by Crippen LogP contribution is 2.16. The van der Waals surface area contributed by atoms with E-state index < -0.39 is 16.6 Å². The summed E-state index contributed by atoms with van der Waals surface area (Å²) in [6.07, 6.45) is 2.40. The van der Waals surface area contributed by atoms with Crippen LogP contribution in [-0.2, 0) is 21.3 Å². The van der Waals surface area contributed by atoms with Gasteiger partial charge in [0.15, 0.2) is 11.6 Å². The first kappa shape index (κ1) is 18.1. The monoisotopic (exact) mass is 349 g/mol. The van der Waals surface area contributed by atoms with E-state index in [1.807, 2.05) is 18.2 Å². The van der Waals surface area contributed by atoms with Crippen molar-refractivity contribution in [2.75, 3.05) is 18.2 Å². The molecule has 0 heterocycles. The number of ether oxygens (including phenoxy) is 1. The highest BCUT2D eigenvalue weighted by molar-refractivity contribution is 7.83. The first-order chi connectivity index (χ1) is 11.5. The average molecular weight is 349 g/mol. The maximum atomic E-state index is 13.4. The fourth-order valence-electron chi connectivity index (χ4n) is 2.17. The van der Waals surface area contributed by atoms with E-state index in [0.29, 0.717) is 17.9 Å². The Morgan fingerprint density at radius 3 is 2.75 bits per heavy atom. The summed E-state index contributed by atoms with van der Waals surface area (Å²) in [5.74, 6) is 0.104. The fourth-order valence-corrected chi connectivity index (χ4v) is 2.82. The molecule has 0 saturated heterocycles. The normalized spacial score (nSPS) is 11.8. The van der Waals surface area contributed by atoms with Crippen LogP contribution in [0.15, 0.2) is 48.5 Å². The molecule has 0 fully saturated rings. The summed E-state index contributed by atoms with van der Waals surface area (Å²) in [5, 5.41) is 2.80. The Labute approximate surface area is 143 Å². The molecule has 0 aliphatic carbocycles. The Morgan fingerprint density at radius 2 is 2.00 bits per heavy atom. The topological polar surface area (TPSA) is 55.4 Å². The number of carbonyl (C=O) groups excluding carboxylic acids is 1. The molecule has 1 amide bonds. The molecule has 4 nitrogen and oxygen atoms in total. The molecule has 0 spiro atoms. The van der Waals surface area contributed by atoms with E-state index >= 15 is 0 Å². The number of para-hydroxylation sites is 1. The summed E-state index contributed by atoms with van der Waals surface area (Å²) in [6, 6.07) is 13.5. The molecule has 1 N–H and O–H groups in total. The van der Waals surface area contributed by atoms with Crippen molar-refractivity contribution in [2.24, 2.45) is 0 Å². The Hall–Kier alpha value is -2.21. The zero-order chi connectivity index (χ0) is 17.4. The highest BCUT2D eigenvalue weighted by Gasteiger charge is 2.05. The molecule has 0 aliphatic rings. The van der Waals surface area contributed by atoms with Gasteiger partial charge in [-0.3, -0.25) is 9.00 Å². The summed E-state index contributed by atoms with van der Waals surface area (Å²) in [7, 11) is -0.924. The van der Waals surface area contributed by atoms with E-state index in [1.54, 1.807) is 30.5 Å². The molecule has 0 aliphatic heterocycles. The van der Waals surface area contributed by atoms with Crippen molar-refractivity contribution in [3.63, 3.8) is 0 Å². The molecule has 1 atom stereocenters. The second-order valence-corrected chi connectivity index (χ2v) is 6.78. The van der Waals surface area contributed by atoms with Crippen molar-refractivity contribution in [1.82, 2.24) is 0 Å². The van der Waals surface area contributed by atoms with Crippen LogP contribution in [0.4, 0.5) is 10.1 Å². The van der Waals surface area contributed by atoms with Gasteiger partial charge in [-0.05, 0) is 36.2 Å². The van der Waals surface area contributed by atoms with Crippen LogP contribution in [0, 0.1) is 5.82 Å². The maximum Gasteiger partial charge on any atom is 0.224 e. The molecular weight excluding hydrogens is 329 g/mol. The number of halogens is 1. The summed E-state index contributed by atoms with van der Waals surface area (Å²) < 4.78 is 29.9. The summed E-state index contributed by atoms with van der Waals surface area (Å²) in [5.41, 5.74) is 1.59. The second kappa shape index (κ2) is 9.17. The standard InChI is InChI=1S/C18H20FNO3S/c1-24(22)13-14-6-4-7-15(12-14)20-18(21)10-5-11-23-17-9-3-2-8-16(17)19/h2-4,6-9,12H,5,10-11,13H2,1H3,(H,20,21)/t24-/m0/s1. The van der Waals surface area contributed by atoms with Gasteiger partial charge in [-0.2, -0.15) is 0 Å². The lowest BCUT2D eigenvalue weighted by Crippen LogP contribution is -2.13. The molecule has 2 rings (SSSR count). The van der Waals surface area contributed by atoms with Crippen LogP contribution in [0.1, 0.15) is 18.4 Å². The summed E-state index contributed by atoms with van der Waals surface area (Å²) >= 11 is 0. The van der Waals surface area contributed by atoms with Crippen LogP contribution in [0.2, 0.25) is 0 Å². The third-order valence-corrected chi connectivity index (χ3v) is 3.96. The van der Waals surface area contributed by atoms with Gasteiger partial charge in [0.05, 0.1) is 6.61 Å². The Bertz CT molecular complexity index is 721. The van der Waals surface area contributed by atoms with E-state index in [9.17, 15) is 13.4 Å². The first-order valence-corrected chi connectivity index (χ1v) is 9.33. The van der Waals surface area contributed by atoms with Crippen LogP contribution >= 0.6 is 0 Å². The van der Waals surface area contributed by atoms with Crippen LogP contribution in [0.3, 0.4) is 0 Å². The van der Waals surface area contributed by atoms with Crippen molar-refractivity contribution >= 4 is 22.4 Å². The average Bonchev–Trinajstić information content (AvgIpc) is 2.53. The predicted octanol–water partition coefficient (Wildman–Crippen LogP) is 3.50. The van der Waals surface area contributed by atoms with Gasteiger partial charge in [-0.1, -0.05) is 24.3 Å². The quantitative estimate of drug-likeness (QED) is 0.742. The third kappa shape index (κ3) is 6.12. The van der Waals surface area contributed by atoms with Gasteiger partial charge in [0.1, 0.15) is 0 Å². The number of benzene rings is 2. The van der Waals surface area contributed by atoms with Gasteiger partial charge < -0.3 is 10.1 Å². The lowest BCUT2D eigenvalue weighted by Gasteiger charge is -2.08. The van der Waals surface area contributed by atoms with E-state index in [4.69, 9.17) is 4.74 Å². The van der Waals surface area contributed by atoms with Crippen molar-refractivity contribution in [3.8, 4) is 5.75 Å². The van der Waals surface area contributed by atoms with Crippen molar-refractivity contribution in [2.45, 2.75) is 18.6 Å². The zero-order valence-electron chi connectivity index (χ0n) is 13.5. The fraction of sp³-hybridized carbons (Fsp3) is 0.278. The van der Waals surface area contributed by atoms with Crippen molar-refractivity contribution in [1.29, 1.82) is 0 Å². The number of hydrogen-bond acceptors (Lipinski definition) is 3. The molecular formula is C18H20FNO3S. The van der Waals surface area contributed by atoms with Crippen LogP contribution in [0.5, 0.6) is 5.75 Å². The largest absolute Gasteiger partial charge is 0.491 e. The highest BCUT2D eigenvalue weighted by atomic mass is 32.2. The molecule has 2 aromatic rings.